The predicted octanol–water partition coefficient (Wildman–Crippen LogP) is 3.23. The number of rotatable bonds is 3. The second kappa shape index (κ2) is 4.40. The molecule has 0 radical (unpaired) electrons. The summed E-state index contributed by atoms with van der Waals surface area (Å²) in [6.45, 7) is 7.29. The van der Waals surface area contributed by atoms with E-state index in [-0.39, 0.29) is 0 Å². The summed E-state index contributed by atoms with van der Waals surface area (Å²) in [4.78, 5) is 0.578. The third kappa shape index (κ3) is 2.08. The topological polar surface area (TPSA) is 17.1 Å². The highest BCUT2D eigenvalue weighted by molar-refractivity contribution is 8.08. The Labute approximate surface area is 84.7 Å². The van der Waals surface area contributed by atoms with Gasteiger partial charge in [-0.3, -0.25) is 0 Å². The molecule has 0 saturated carbocycles. The van der Waals surface area contributed by atoms with Gasteiger partial charge in [0.25, 0.3) is 0 Å². The first kappa shape index (κ1) is 10.2. The summed E-state index contributed by atoms with van der Waals surface area (Å²) in [7, 11) is 4.01. The van der Waals surface area contributed by atoms with Crippen LogP contribution in [0.4, 0.5) is 0 Å². The van der Waals surface area contributed by atoms with Gasteiger partial charge < -0.3 is 0 Å². The van der Waals surface area contributed by atoms with Gasteiger partial charge in [0.1, 0.15) is 10.0 Å². The molecule has 0 aliphatic rings. The minimum absolute atomic E-state index is 0.578. The van der Waals surface area contributed by atoms with Crippen LogP contribution in [0.5, 0.6) is 0 Å². The maximum atomic E-state index is 11.1. The first-order valence-electron chi connectivity index (χ1n) is 3.66. The third-order valence-electron chi connectivity index (χ3n) is 1.70. The number of hydrogen-bond donors (Lipinski definition) is 0. The molecule has 68 valence electrons. The molecular weight excluding hydrogens is 204 g/mol. The van der Waals surface area contributed by atoms with Crippen molar-refractivity contribution >= 4 is 32.8 Å². The van der Waals surface area contributed by atoms with Gasteiger partial charge >= 0.3 is 0 Å². The molecule has 0 N–H and O–H groups in total. The standard InChI is InChI=1S/C10H9ClOS/c1-3-8-6-5-7-10(13(11)12)9(8)4-2/h3-7H,1-2H2. The molecule has 0 aliphatic heterocycles. The molecule has 1 aromatic rings. The van der Waals surface area contributed by atoms with E-state index < -0.39 is 10.0 Å². The summed E-state index contributed by atoms with van der Waals surface area (Å²) in [5.74, 6) is 0. The summed E-state index contributed by atoms with van der Waals surface area (Å²) in [6, 6.07) is 5.38. The van der Waals surface area contributed by atoms with Crippen LogP contribution in [0, 0.1) is 0 Å². The van der Waals surface area contributed by atoms with Crippen LogP contribution in [-0.2, 0) is 10.0 Å². The highest BCUT2D eigenvalue weighted by Gasteiger charge is 2.07. The van der Waals surface area contributed by atoms with Gasteiger partial charge in [-0.05, 0) is 27.9 Å². The van der Waals surface area contributed by atoms with Gasteiger partial charge in [0, 0.05) is 0 Å². The zero-order chi connectivity index (χ0) is 9.84. The summed E-state index contributed by atoms with van der Waals surface area (Å²) in [5, 5.41) is 0. The molecule has 1 aromatic carbocycles. The maximum absolute atomic E-state index is 11.1. The van der Waals surface area contributed by atoms with E-state index in [0.29, 0.717) is 4.90 Å². The molecule has 1 rings (SSSR count). The van der Waals surface area contributed by atoms with E-state index in [0.717, 1.165) is 11.1 Å². The van der Waals surface area contributed by atoms with E-state index in [1.807, 2.05) is 6.07 Å². The fourth-order valence-electron chi connectivity index (χ4n) is 1.10. The normalized spacial score (nSPS) is 12.1. The van der Waals surface area contributed by atoms with Crippen LogP contribution < -0.4 is 0 Å². The van der Waals surface area contributed by atoms with E-state index in [1.165, 1.54) is 0 Å². The highest BCUT2D eigenvalue weighted by Crippen LogP contribution is 2.22. The quantitative estimate of drug-likeness (QED) is 0.704. The first-order valence-corrected chi connectivity index (χ1v) is 5.64. The lowest BCUT2D eigenvalue weighted by atomic mass is 10.1. The van der Waals surface area contributed by atoms with Gasteiger partial charge in [0.05, 0.1) is 4.90 Å². The molecule has 0 aromatic heterocycles. The van der Waals surface area contributed by atoms with Gasteiger partial charge in [0.15, 0.2) is 0 Å². The summed E-state index contributed by atoms with van der Waals surface area (Å²) in [6.07, 6.45) is 3.32. The first-order chi connectivity index (χ1) is 6.20. The highest BCUT2D eigenvalue weighted by atomic mass is 35.7. The minimum Gasteiger partial charge on any atom is -0.237 e. The van der Waals surface area contributed by atoms with Crippen LogP contribution in [0.2, 0.25) is 0 Å². The largest absolute Gasteiger partial charge is 0.237 e. The molecule has 13 heavy (non-hydrogen) atoms. The molecule has 0 bridgehead atoms. The molecule has 0 fully saturated rings. The second-order valence-electron chi connectivity index (χ2n) is 2.39. The maximum Gasteiger partial charge on any atom is 0.148 e. The van der Waals surface area contributed by atoms with Crippen molar-refractivity contribution in [3.05, 3.63) is 42.5 Å². The van der Waals surface area contributed by atoms with Gasteiger partial charge in [-0.1, -0.05) is 37.4 Å². The number of benzene rings is 1. The van der Waals surface area contributed by atoms with Gasteiger partial charge in [-0.15, -0.1) is 0 Å². The van der Waals surface area contributed by atoms with Crippen molar-refractivity contribution in [2.75, 3.05) is 0 Å². The van der Waals surface area contributed by atoms with Gasteiger partial charge in [0.2, 0.25) is 0 Å². The molecule has 0 amide bonds. The molecule has 1 atom stereocenters. The Kier molecular flexibility index (Phi) is 3.46. The lowest BCUT2D eigenvalue weighted by molar-refractivity contribution is 0.691. The lowest BCUT2D eigenvalue weighted by Gasteiger charge is -2.04. The van der Waals surface area contributed by atoms with Crippen molar-refractivity contribution in [3.63, 3.8) is 0 Å². The van der Waals surface area contributed by atoms with Crippen molar-refractivity contribution in [3.8, 4) is 0 Å². The van der Waals surface area contributed by atoms with Crippen LogP contribution in [0.15, 0.2) is 36.3 Å². The van der Waals surface area contributed by atoms with E-state index in [4.69, 9.17) is 10.7 Å². The molecule has 1 unspecified atom stereocenters. The van der Waals surface area contributed by atoms with E-state index in [1.54, 1.807) is 24.3 Å². The smallest absolute Gasteiger partial charge is 0.148 e. The van der Waals surface area contributed by atoms with Crippen LogP contribution in [0.1, 0.15) is 11.1 Å². The monoisotopic (exact) mass is 212 g/mol. The van der Waals surface area contributed by atoms with Crippen LogP contribution in [0.25, 0.3) is 12.2 Å². The number of hydrogen-bond acceptors (Lipinski definition) is 1. The Hall–Kier alpha value is -0.860. The summed E-state index contributed by atoms with van der Waals surface area (Å²) < 4.78 is 11.1. The summed E-state index contributed by atoms with van der Waals surface area (Å²) in [5.41, 5.74) is 1.67. The molecule has 0 saturated heterocycles. The van der Waals surface area contributed by atoms with Crippen molar-refractivity contribution < 1.29 is 4.21 Å². The molecule has 0 aliphatic carbocycles. The predicted molar refractivity (Wildman–Crippen MR) is 58.9 cm³/mol. The van der Waals surface area contributed by atoms with Crippen LogP contribution >= 0.6 is 10.7 Å². The Bertz CT molecular complexity index is 371. The van der Waals surface area contributed by atoms with Crippen LogP contribution in [-0.4, -0.2) is 4.21 Å². The van der Waals surface area contributed by atoms with Crippen molar-refractivity contribution in [2.45, 2.75) is 4.90 Å². The minimum atomic E-state index is -1.50. The molecule has 3 heteroatoms. The van der Waals surface area contributed by atoms with Crippen molar-refractivity contribution in [2.24, 2.45) is 0 Å². The molecule has 0 spiro atoms. The van der Waals surface area contributed by atoms with E-state index in [2.05, 4.69) is 13.2 Å². The zero-order valence-electron chi connectivity index (χ0n) is 7.00. The Morgan fingerprint density at radius 1 is 1.31 bits per heavy atom. The fraction of sp³-hybridized carbons (Fsp3) is 0. The van der Waals surface area contributed by atoms with Crippen LogP contribution in [0.3, 0.4) is 0 Å². The van der Waals surface area contributed by atoms with Crippen molar-refractivity contribution in [1.82, 2.24) is 0 Å². The third-order valence-corrected chi connectivity index (χ3v) is 2.90. The molecule has 0 heterocycles. The Balaban J connectivity index is 3.43. The Morgan fingerprint density at radius 3 is 2.46 bits per heavy atom. The average Bonchev–Trinajstić information content (AvgIpc) is 2.16. The second-order valence-corrected chi connectivity index (χ2v) is 4.12. The number of halogens is 1. The average molecular weight is 213 g/mol. The fourth-order valence-corrected chi connectivity index (χ4v) is 2.06. The SMILES string of the molecule is C=Cc1cccc(S(=O)Cl)c1C=C. The van der Waals surface area contributed by atoms with Crippen molar-refractivity contribution in [1.29, 1.82) is 0 Å². The summed E-state index contributed by atoms with van der Waals surface area (Å²) >= 11 is 0. The van der Waals surface area contributed by atoms with Gasteiger partial charge in [-0.25, -0.2) is 4.21 Å². The Morgan fingerprint density at radius 2 is 2.00 bits per heavy atom. The lowest BCUT2D eigenvalue weighted by Crippen LogP contribution is -1.89. The zero-order valence-corrected chi connectivity index (χ0v) is 8.57. The van der Waals surface area contributed by atoms with E-state index >= 15 is 0 Å². The molecular formula is C10H9ClOS. The molecule has 1 nitrogen and oxygen atoms in total. The van der Waals surface area contributed by atoms with Gasteiger partial charge in [-0.2, -0.15) is 0 Å². The van der Waals surface area contributed by atoms with E-state index in [9.17, 15) is 4.21 Å².